The minimum atomic E-state index is -4.49. The second-order valence-electron chi connectivity index (χ2n) is 4.66. The van der Waals surface area contributed by atoms with Crippen molar-refractivity contribution in [2.24, 2.45) is 0 Å². The first-order chi connectivity index (χ1) is 8.77. The second-order valence-corrected chi connectivity index (χ2v) is 4.66. The van der Waals surface area contributed by atoms with Gasteiger partial charge in [0.2, 0.25) is 5.91 Å². The molecule has 2 N–H and O–H groups in total. The standard InChI is InChI=1S/C12H14F3N3O/c1-6-5-9(17-7(2)19)11-8(16-6)3-4-10(18-11)12(13,14)15/h3-4,6,9,16H,5H2,1-2H3,(H,17,19)/t6-,9+/m1/s1. The maximum Gasteiger partial charge on any atom is 0.433 e. The van der Waals surface area contributed by atoms with Gasteiger partial charge in [0.05, 0.1) is 17.4 Å². The van der Waals surface area contributed by atoms with E-state index in [2.05, 4.69) is 15.6 Å². The molecule has 19 heavy (non-hydrogen) atoms. The van der Waals surface area contributed by atoms with Gasteiger partial charge in [-0.25, -0.2) is 4.98 Å². The van der Waals surface area contributed by atoms with E-state index < -0.39 is 17.9 Å². The Balaban J connectivity index is 2.41. The van der Waals surface area contributed by atoms with Crippen molar-refractivity contribution in [2.45, 2.75) is 38.5 Å². The van der Waals surface area contributed by atoms with E-state index in [0.29, 0.717) is 12.1 Å². The molecule has 1 aromatic rings. The van der Waals surface area contributed by atoms with Crippen molar-refractivity contribution in [3.8, 4) is 0 Å². The first kappa shape index (κ1) is 13.6. The minimum absolute atomic E-state index is 0.0582. The van der Waals surface area contributed by atoms with E-state index in [-0.39, 0.29) is 17.6 Å². The largest absolute Gasteiger partial charge is 0.433 e. The number of pyridine rings is 1. The number of halogens is 3. The molecule has 0 fully saturated rings. The highest BCUT2D eigenvalue weighted by Crippen LogP contribution is 2.35. The van der Waals surface area contributed by atoms with Gasteiger partial charge >= 0.3 is 6.18 Å². The van der Waals surface area contributed by atoms with E-state index in [9.17, 15) is 18.0 Å². The van der Waals surface area contributed by atoms with Crippen LogP contribution >= 0.6 is 0 Å². The van der Waals surface area contributed by atoms with Gasteiger partial charge in [0.1, 0.15) is 5.69 Å². The van der Waals surface area contributed by atoms with Crippen LogP contribution in [-0.4, -0.2) is 16.9 Å². The number of amides is 1. The number of aromatic nitrogens is 1. The monoisotopic (exact) mass is 273 g/mol. The fourth-order valence-corrected chi connectivity index (χ4v) is 2.18. The van der Waals surface area contributed by atoms with Crippen LogP contribution in [0.5, 0.6) is 0 Å². The Kier molecular flexibility index (Phi) is 3.38. The molecule has 4 nitrogen and oxygen atoms in total. The van der Waals surface area contributed by atoms with Gasteiger partial charge in [-0.2, -0.15) is 13.2 Å². The Labute approximate surface area is 108 Å². The lowest BCUT2D eigenvalue weighted by Gasteiger charge is -2.31. The first-order valence-electron chi connectivity index (χ1n) is 5.89. The molecular formula is C12H14F3N3O. The van der Waals surface area contributed by atoms with Gasteiger partial charge < -0.3 is 10.6 Å². The highest BCUT2D eigenvalue weighted by atomic mass is 19.4. The summed E-state index contributed by atoms with van der Waals surface area (Å²) in [6.45, 7) is 3.23. The van der Waals surface area contributed by atoms with Crippen molar-refractivity contribution in [1.82, 2.24) is 10.3 Å². The SMILES string of the molecule is CC(=O)N[C@H]1C[C@@H](C)Nc2ccc(C(F)(F)F)nc21. The Morgan fingerprint density at radius 2 is 2.16 bits per heavy atom. The van der Waals surface area contributed by atoms with Gasteiger partial charge in [-0.15, -0.1) is 0 Å². The number of hydrogen-bond donors (Lipinski definition) is 2. The molecule has 0 spiro atoms. The lowest BCUT2D eigenvalue weighted by atomic mass is 9.97. The summed E-state index contributed by atoms with van der Waals surface area (Å²) in [6, 6.07) is 1.86. The fourth-order valence-electron chi connectivity index (χ4n) is 2.18. The Morgan fingerprint density at radius 3 is 2.74 bits per heavy atom. The molecule has 0 unspecified atom stereocenters. The lowest BCUT2D eigenvalue weighted by molar-refractivity contribution is -0.141. The predicted octanol–water partition coefficient (Wildman–Crippen LogP) is 2.48. The average Bonchev–Trinajstić information content (AvgIpc) is 2.26. The minimum Gasteiger partial charge on any atom is -0.381 e. The third kappa shape index (κ3) is 2.97. The van der Waals surface area contributed by atoms with E-state index in [0.717, 1.165) is 6.07 Å². The number of alkyl halides is 3. The van der Waals surface area contributed by atoms with Crippen LogP contribution < -0.4 is 10.6 Å². The third-order valence-corrected chi connectivity index (χ3v) is 2.91. The van der Waals surface area contributed by atoms with Gasteiger partial charge in [-0.3, -0.25) is 4.79 Å². The zero-order valence-corrected chi connectivity index (χ0v) is 10.5. The van der Waals surface area contributed by atoms with Gasteiger partial charge in [0.25, 0.3) is 0 Å². The zero-order chi connectivity index (χ0) is 14.2. The summed E-state index contributed by atoms with van der Waals surface area (Å²) >= 11 is 0. The summed E-state index contributed by atoms with van der Waals surface area (Å²) in [5.74, 6) is -0.288. The zero-order valence-electron chi connectivity index (χ0n) is 10.5. The molecule has 2 atom stereocenters. The Bertz CT molecular complexity index is 501. The van der Waals surface area contributed by atoms with Crippen molar-refractivity contribution in [1.29, 1.82) is 0 Å². The molecule has 0 bridgehead atoms. The number of fused-ring (bicyclic) bond motifs is 1. The summed E-state index contributed by atoms with van der Waals surface area (Å²) in [4.78, 5) is 14.8. The number of nitrogens with one attached hydrogen (secondary N) is 2. The van der Waals surface area contributed by atoms with Crippen LogP contribution in [0.1, 0.15) is 37.7 Å². The van der Waals surface area contributed by atoms with Gasteiger partial charge in [0, 0.05) is 13.0 Å². The molecule has 0 aromatic carbocycles. The van der Waals surface area contributed by atoms with E-state index >= 15 is 0 Å². The van der Waals surface area contributed by atoms with Gasteiger partial charge in [0.15, 0.2) is 0 Å². The highest BCUT2D eigenvalue weighted by Gasteiger charge is 2.35. The molecule has 2 rings (SSSR count). The molecule has 2 heterocycles. The number of carbonyl (C=O) groups excluding carboxylic acids is 1. The van der Waals surface area contributed by atoms with Crippen LogP contribution in [0.15, 0.2) is 12.1 Å². The highest BCUT2D eigenvalue weighted by molar-refractivity contribution is 5.74. The number of hydrogen-bond acceptors (Lipinski definition) is 3. The van der Waals surface area contributed by atoms with Crippen LogP contribution in [0.25, 0.3) is 0 Å². The molecule has 0 radical (unpaired) electrons. The van der Waals surface area contributed by atoms with Crippen LogP contribution in [0.2, 0.25) is 0 Å². The predicted molar refractivity (Wildman–Crippen MR) is 63.5 cm³/mol. The normalized spacial score (nSPS) is 22.4. The van der Waals surface area contributed by atoms with Crippen LogP contribution in [0.4, 0.5) is 18.9 Å². The van der Waals surface area contributed by atoms with Crippen molar-refractivity contribution in [3.63, 3.8) is 0 Å². The number of carbonyl (C=O) groups is 1. The Hall–Kier alpha value is -1.79. The molecule has 1 aliphatic heterocycles. The van der Waals surface area contributed by atoms with Crippen LogP contribution in [0.3, 0.4) is 0 Å². The summed E-state index contributed by atoms with van der Waals surface area (Å²) in [7, 11) is 0. The number of nitrogens with zero attached hydrogens (tertiary/aromatic N) is 1. The van der Waals surface area contributed by atoms with Crippen molar-refractivity contribution < 1.29 is 18.0 Å². The van der Waals surface area contributed by atoms with E-state index in [4.69, 9.17) is 0 Å². The van der Waals surface area contributed by atoms with Crippen molar-refractivity contribution in [3.05, 3.63) is 23.5 Å². The van der Waals surface area contributed by atoms with Crippen molar-refractivity contribution in [2.75, 3.05) is 5.32 Å². The van der Waals surface area contributed by atoms with Gasteiger partial charge in [-0.05, 0) is 25.5 Å². The smallest absolute Gasteiger partial charge is 0.381 e. The molecule has 1 aromatic heterocycles. The lowest BCUT2D eigenvalue weighted by Crippen LogP contribution is -2.36. The van der Waals surface area contributed by atoms with E-state index in [1.807, 2.05) is 6.92 Å². The third-order valence-electron chi connectivity index (χ3n) is 2.91. The molecule has 104 valence electrons. The van der Waals surface area contributed by atoms with E-state index in [1.165, 1.54) is 13.0 Å². The first-order valence-corrected chi connectivity index (χ1v) is 5.89. The van der Waals surface area contributed by atoms with E-state index in [1.54, 1.807) is 0 Å². The summed E-state index contributed by atoms with van der Waals surface area (Å²) < 4.78 is 38.0. The van der Waals surface area contributed by atoms with Crippen molar-refractivity contribution >= 4 is 11.6 Å². The summed E-state index contributed by atoms with van der Waals surface area (Å²) in [5, 5.41) is 5.70. The molecule has 1 amide bonds. The molecule has 0 saturated heterocycles. The maximum absolute atomic E-state index is 12.7. The second kappa shape index (κ2) is 4.71. The Morgan fingerprint density at radius 1 is 1.47 bits per heavy atom. The molecule has 1 aliphatic rings. The maximum atomic E-state index is 12.7. The van der Waals surface area contributed by atoms with Gasteiger partial charge in [-0.1, -0.05) is 0 Å². The quantitative estimate of drug-likeness (QED) is 0.826. The van der Waals surface area contributed by atoms with Crippen LogP contribution in [-0.2, 0) is 11.0 Å². The number of anilines is 1. The molecular weight excluding hydrogens is 259 g/mol. The topological polar surface area (TPSA) is 54.0 Å². The van der Waals surface area contributed by atoms with Crippen LogP contribution in [0, 0.1) is 0 Å². The fraction of sp³-hybridized carbons (Fsp3) is 0.500. The number of rotatable bonds is 1. The molecule has 7 heteroatoms. The summed E-state index contributed by atoms with van der Waals surface area (Å²) in [6.07, 6.45) is -3.99. The molecule has 0 saturated carbocycles. The average molecular weight is 273 g/mol. The molecule has 0 aliphatic carbocycles. The summed E-state index contributed by atoms with van der Waals surface area (Å²) in [5.41, 5.74) is -0.174.